The second-order valence-electron chi connectivity index (χ2n) is 2.60. The van der Waals surface area contributed by atoms with E-state index < -0.39 is 17.9 Å². The number of carbonyl (C=O) groups is 1. The van der Waals surface area contributed by atoms with Gasteiger partial charge in [-0.1, -0.05) is 13.8 Å². The van der Waals surface area contributed by atoms with Crippen molar-refractivity contribution in [2.75, 3.05) is 13.1 Å². The Morgan fingerprint density at radius 2 is 1.57 bits per heavy atom. The predicted octanol–water partition coefficient (Wildman–Crippen LogP) is 1.64. The van der Waals surface area contributed by atoms with Crippen molar-refractivity contribution >= 4 is 5.97 Å². The maximum absolute atomic E-state index is 13.3. The second kappa shape index (κ2) is 4.12. The molecule has 0 amide bonds. The van der Waals surface area contributed by atoms with Gasteiger partial charge in [0.15, 0.2) is 0 Å². The van der Waals surface area contributed by atoms with Gasteiger partial charge in [-0.05, 0) is 13.1 Å². The van der Waals surface area contributed by atoms with E-state index in [-0.39, 0.29) is 18.0 Å². The molecule has 84 valence electrons. The van der Waals surface area contributed by atoms with Gasteiger partial charge in [0.05, 0.1) is 0 Å². The van der Waals surface area contributed by atoms with E-state index in [0.29, 0.717) is 0 Å². The third-order valence-corrected chi connectivity index (χ3v) is 1.86. The minimum atomic E-state index is -5.44. The molecular formula is C7H11F4NO2. The fourth-order valence-electron chi connectivity index (χ4n) is 1.10. The number of rotatable bonds is 4. The van der Waals surface area contributed by atoms with Gasteiger partial charge in [0.25, 0.3) is 0 Å². The molecule has 0 heterocycles. The van der Waals surface area contributed by atoms with Gasteiger partial charge in [0.1, 0.15) is 0 Å². The lowest BCUT2D eigenvalue weighted by Gasteiger charge is -2.33. The minimum absolute atomic E-state index is 0.204. The average molecular weight is 217 g/mol. The molecule has 3 nitrogen and oxygen atoms in total. The maximum Gasteiger partial charge on any atom is 0.448 e. The zero-order chi connectivity index (χ0) is 11.6. The zero-order valence-corrected chi connectivity index (χ0v) is 7.73. The summed E-state index contributed by atoms with van der Waals surface area (Å²) in [7, 11) is 0. The van der Waals surface area contributed by atoms with Crippen LogP contribution in [0.1, 0.15) is 13.8 Å². The Kier molecular flexibility index (Phi) is 3.87. The van der Waals surface area contributed by atoms with Crippen molar-refractivity contribution in [2.45, 2.75) is 25.8 Å². The summed E-state index contributed by atoms with van der Waals surface area (Å²) in [6, 6.07) is 0. The van der Waals surface area contributed by atoms with Gasteiger partial charge in [0, 0.05) is 0 Å². The van der Waals surface area contributed by atoms with E-state index in [1.54, 1.807) is 0 Å². The second-order valence-corrected chi connectivity index (χ2v) is 2.60. The van der Waals surface area contributed by atoms with Crippen molar-refractivity contribution in [1.29, 1.82) is 0 Å². The number of likely N-dealkylation sites (N-methyl/N-ethyl adjacent to an activating group) is 1. The monoisotopic (exact) mass is 217 g/mol. The Bertz CT molecular complexity index is 214. The van der Waals surface area contributed by atoms with Crippen LogP contribution < -0.4 is 0 Å². The molecule has 0 saturated heterocycles. The number of halogens is 4. The molecule has 0 radical (unpaired) electrons. The van der Waals surface area contributed by atoms with E-state index in [2.05, 4.69) is 0 Å². The fraction of sp³-hybridized carbons (Fsp3) is 0.857. The lowest BCUT2D eigenvalue weighted by molar-refractivity contribution is -0.278. The van der Waals surface area contributed by atoms with Crippen LogP contribution in [-0.4, -0.2) is 41.0 Å². The highest BCUT2D eigenvalue weighted by Gasteiger charge is 2.65. The number of alkyl halides is 4. The highest BCUT2D eigenvalue weighted by atomic mass is 19.4. The van der Waals surface area contributed by atoms with Crippen molar-refractivity contribution in [3.63, 3.8) is 0 Å². The molecule has 7 heteroatoms. The first-order valence-corrected chi connectivity index (χ1v) is 3.95. The molecule has 0 aromatic carbocycles. The third kappa shape index (κ3) is 1.97. The summed E-state index contributed by atoms with van der Waals surface area (Å²) in [5, 5.41) is 8.26. The van der Waals surface area contributed by atoms with Crippen LogP contribution in [0.5, 0.6) is 0 Å². The lowest BCUT2D eigenvalue weighted by Crippen LogP contribution is -2.60. The Labute approximate surface area is 78.3 Å². The first kappa shape index (κ1) is 13.2. The van der Waals surface area contributed by atoms with Crippen LogP contribution in [0.25, 0.3) is 0 Å². The van der Waals surface area contributed by atoms with Crippen molar-refractivity contribution in [3.8, 4) is 0 Å². The van der Waals surface area contributed by atoms with Crippen molar-refractivity contribution < 1.29 is 27.5 Å². The molecular weight excluding hydrogens is 206 g/mol. The molecule has 14 heavy (non-hydrogen) atoms. The molecule has 0 aromatic rings. The van der Waals surface area contributed by atoms with Crippen LogP contribution in [0.3, 0.4) is 0 Å². The Morgan fingerprint density at radius 3 is 1.64 bits per heavy atom. The summed E-state index contributed by atoms with van der Waals surface area (Å²) in [6.07, 6.45) is -5.44. The highest BCUT2D eigenvalue weighted by molar-refractivity contribution is 5.77. The van der Waals surface area contributed by atoms with E-state index in [4.69, 9.17) is 5.11 Å². The summed E-state index contributed by atoms with van der Waals surface area (Å²) in [4.78, 5) is 10.5. The van der Waals surface area contributed by atoms with Crippen LogP contribution in [0.2, 0.25) is 0 Å². The topological polar surface area (TPSA) is 40.5 Å². The molecule has 0 aromatic heterocycles. The Morgan fingerprint density at radius 1 is 1.21 bits per heavy atom. The number of nitrogens with zero attached hydrogens (tertiary/aromatic N) is 1. The summed E-state index contributed by atoms with van der Waals surface area (Å²) >= 11 is 0. The smallest absolute Gasteiger partial charge is 0.448 e. The summed E-state index contributed by atoms with van der Waals surface area (Å²) in [5.41, 5.74) is 0. The molecule has 0 spiro atoms. The van der Waals surface area contributed by atoms with Crippen LogP contribution in [0, 0.1) is 0 Å². The maximum atomic E-state index is 13.3. The number of carboxylic acids is 1. The number of aliphatic carboxylic acids is 1. The molecule has 1 atom stereocenters. The number of hydrogen-bond donors (Lipinski definition) is 1. The molecule has 0 aliphatic heterocycles. The molecule has 0 fully saturated rings. The van der Waals surface area contributed by atoms with Gasteiger partial charge in [-0.25, -0.2) is 9.18 Å². The first-order chi connectivity index (χ1) is 6.21. The van der Waals surface area contributed by atoms with Gasteiger partial charge >= 0.3 is 17.9 Å². The Hall–Kier alpha value is -0.850. The van der Waals surface area contributed by atoms with Crippen LogP contribution in [0.15, 0.2) is 0 Å². The van der Waals surface area contributed by atoms with Gasteiger partial charge in [-0.15, -0.1) is 0 Å². The minimum Gasteiger partial charge on any atom is -0.478 e. The van der Waals surface area contributed by atoms with Crippen molar-refractivity contribution in [2.24, 2.45) is 0 Å². The van der Waals surface area contributed by atoms with Gasteiger partial charge in [-0.3, -0.25) is 4.90 Å². The normalized spacial score (nSPS) is 16.8. The number of carboxylic acid groups (broad SMARTS) is 1. The SMILES string of the molecule is CCN(CC)C(F)(C(=O)O)C(F)(F)F. The molecule has 0 bridgehead atoms. The van der Waals surface area contributed by atoms with E-state index in [0.717, 1.165) is 0 Å². The summed E-state index contributed by atoms with van der Waals surface area (Å²) in [5.74, 6) is -6.83. The van der Waals surface area contributed by atoms with Crippen LogP contribution in [-0.2, 0) is 4.79 Å². The van der Waals surface area contributed by atoms with Crippen LogP contribution >= 0.6 is 0 Å². The van der Waals surface area contributed by atoms with E-state index >= 15 is 0 Å². The summed E-state index contributed by atoms with van der Waals surface area (Å²) in [6.45, 7) is 1.84. The first-order valence-electron chi connectivity index (χ1n) is 3.95. The average Bonchev–Trinajstić information content (AvgIpc) is 2.03. The quantitative estimate of drug-likeness (QED) is 0.574. The zero-order valence-electron chi connectivity index (χ0n) is 7.73. The van der Waals surface area contributed by atoms with Gasteiger partial charge < -0.3 is 5.11 Å². The van der Waals surface area contributed by atoms with Crippen molar-refractivity contribution in [1.82, 2.24) is 4.90 Å². The number of hydrogen-bond acceptors (Lipinski definition) is 2. The van der Waals surface area contributed by atoms with E-state index in [1.807, 2.05) is 0 Å². The van der Waals surface area contributed by atoms with Crippen LogP contribution in [0.4, 0.5) is 17.6 Å². The molecule has 1 unspecified atom stereocenters. The Balaban J connectivity index is 5.19. The standard InChI is InChI=1S/C7H11F4NO2/c1-3-12(4-2)6(8,5(13)14)7(9,10)11/h3-4H2,1-2H3,(H,13,14). The van der Waals surface area contributed by atoms with E-state index in [9.17, 15) is 22.4 Å². The van der Waals surface area contributed by atoms with Gasteiger partial charge in [-0.2, -0.15) is 13.2 Å². The molecule has 0 rings (SSSR count). The molecule has 1 N–H and O–H groups in total. The molecule has 0 aliphatic rings. The highest BCUT2D eigenvalue weighted by Crippen LogP contribution is 2.37. The van der Waals surface area contributed by atoms with Gasteiger partial charge in [0.2, 0.25) is 0 Å². The molecule has 0 saturated carbocycles. The third-order valence-electron chi connectivity index (χ3n) is 1.86. The van der Waals surface area contributed by atoms with E-state index in [1.165, 1.54) is 13.8 Å². The fourth-order valence-corrected chi connectivity index (χ4v) is 1.10. The summed E-state index contributed by atoms with van der Waals surface area (Å²) < 4.78 is 49.8. The largest absolute Gasteiger partial charge is 0.478 e. The lowest BCUT2D eigenvalue weighted by atomic mass is 10.2. The molecule has 0 aliphatic carbocycles. The van der Waals surface area contributed by atoms with Crippen molar-refractivity contribution in [3.05, 3.63) is 0 Å². The predicted molar refractivity (Wildman–Crippen MR) is 40.5 cm³/mol.